The Kier molecular flexibility index (Phi) is 3.35. The number of carbonyl (C=O) groups is 1. The standard InChI is InChI=1S/C14H17N3O2S/c1-14(8-18,9-4-5-9)15-13(19)11-7-10(16-17-11)12-3-2-6-20-12/h2-3,6-7,9,18H,4-5,8H2,1H3,(H,15,19)(H,16,17). The Bertz CT molecular complexity index is 604. The van der Waals surface area contributed by atoms with Gasteiger partial charge in [-0.2, -0.15) is 5.10 Å². The zero-order valence-electron chi connectivity index (χ0n) is 11.2. The Morgan fingerprint density at radius 3 is 3.05 bits per heavy atom. The van der Waals surface area contributed by atoms with Crippen molar-refractivity contribution in [2.75, 3.05) is 6.61 Å². The van der Waals surface area contributed by atoms with Crippen molar-refractivity contribution in [2.24, 2.45) is 5.92 Å². The van der Waals surface area contributed by atoms with Gasteiger partial charge in [0.15, 0.2) is 5.69 Å². The highest BCUT2D eigenvalue weighted by Gasteiger charge is 2.42. The summed E-state index contributed by atoms with van der Waals surface area (Å²) in [4.78, 5) is 13.3. The van der Waals surface area contributed by atoms with Gasteiger partial charge in [-0.3, -0.25) is 9.89 Å². The first kappa shape index (κ1) is 13.3. The van der Waals surface area contributed by atoms with E-state index in [0.29, 0.717) is 11.6 Å². The van der Waals surface area contributed by atoms with Gasteiger partial charge in [0, 0.05) is 0 Å². The second-order valence-electron chi connectivity index (χ2n) is 5.45. The lowest BCUT2D eigenvalue weighted by atomic mass is 9.97. The number of nitrogens with zero attached hydrogens (tertiary/aromatic N) is 1. The molecule has 3 rings (SSSR count). The van der Waals surface area contributed by atoms with Crippen molar-refractivity contribution in [3.05, 3.63) is 29.3 Å². The van der Waals surface area contributed by atoms with Crippen molar-refractivity contribution in [3.63, 3.8) is 0 Å². The molecule has 2 aromatic rings. The molecule has 20 heavy (non-hydrogen) atoms. The largest absolute Gasteiger partial charge is 0.394 e. The van der Waals surface area contributed by atoms with E-state index >= 15 is 0 Å². The lowest BCUT2D eigenvalue weighted by Crippen LogP contribution is -2.50. The Morgan fingerprint density at radius 2 is 2.45 bits per heavy atom. The van der Waals surface area contributed by atoms with Gasteiger partial charge >= 0.3 is 0 Å². The van der Waals surface area contributed by atoms with Crippen LogP contribution in [0.4, 0.5) is 0 Å². The molecule has 0 saturated heterocycles. The van der Waals surface area contributed by atoms with Gasteiger partial charge in [-0.05, 0) is 43.2 Å². The summed E-state index contributed by atoms with van der Waals surface area (Å²) in [6.45, 7) is 1.83. The predicted molar refractivity (Wildman–Crippen MR) is 77.6 cm³/mol. The number of aliphatic hydroxyl groups excluding tert-OH is 1. The second-order valence-corrected chi connectivity index (χ2v) is 6.40. The van der Waals surface area contributed by atoms with E-state index in [1.165, 1.54) is 0 Å². The number of amides is 1. The molecule has 0 aliphatic heterocycles. The highest BCUT2D eigenvalue weighted by atomic mass is 32.1. The highest BCUT2D eigenvalue weighted by Crippen LogP contribution is 2.39. The summed E-state index contributed by atoms with van der Waals surface area (Å²) in [6, 6.07) is 5.67. The topological polar surface area (TPSA) is 78.0 Å². The molecule has 1 aliphatic carbocycles. The van der Waals surface area contributed by atoms with Gasteiger partial charge in [0.25, 0.3) is 5.91 Å². The average molecular weight is 291 g/mol. The first-order valence-corrected chi connectivity index (χ1v) is 7.53. The Balaban J connectivity index is 1.74. The molecule has 0 radical (unpaired) electrons. The Morgan fingerprint density at radius 1 is 1.65 bits per heavy atom. The molecular formula is C14H17N3O2S. The van der Waals surface area contributed by atoms with Gasteiger partial charge in [-0.25, -0.2) is 0 Å². The Hall–Kier alpha value is -1.66. The van der Waals surface area contributed by atoms with Crippen LogP contribution in [0.2, 0.25) is 0 Å². The van der Waals surface area contributed by atoms with Crippen LogP contribution in [0.15, 0.2) is 23.6 Å². The lowest BCUT2D eigenvalue weighted by molar-refractivity contribution is 0.0819. The third-order valence-corrected chi connectivity index (χ3v) is 4.71. The first-order chi connectivity index (χ1) is 9.62. The molecule has 106 valence electrons. The average Bonchev–Trinajstić information content (AvgIpc) is 2.97. The van der Waals surface area contributed by atoms with Crippen molar-refractivity contribution in [1.82, 2.24) is 15.5 Å². The molecule has 6 heteroatoms. The number of hydrogen-bond acceptors (Lipinski definition) is 4. The third-order valence-electron chi connectivity index (χ3n) is 3.80. The molecule has 1 fully saturated rings. The monoisotopic (exact) mass is 291 g/mol. The number of aliphatic hydroxyl groups is 1. The first-order valence-electron chi connectivity index (χ1n) is 6.65. The fourth-order valence-corrected chi connectivity index (χ4v) is 3.00. The minimum Gasteiger partial charge on any atom is -0.394 e. The molecule has 1 amide bonds. The summed E-state index contributed by atoms with van der Waals surface area (Å²) < 4.78 is 0. The zero-order valence-corrected chi connectivity index (χ0v) is 12.0. The summed E-state index contributed by atoms with van der Waals surface area (Å²) in [6.07, 6.45) is 2.11. The molecule has 0 aromatic carbocycles. The number of nitrogens with one attached hydrogen (secondary N) is 2. The van der Waals surface area contributed by atoms with Crippen LogP contribution < -0.4 is 5.32 Å². The summed E-state index contributed by atoms with van der Waals surface area (Å²) in [5.41, 5.74) is 0.648. The van der Waals surface area contributed by atoms with E-state index in [-0.39, 0.29) is 12.5 Å². The zero-order chi connectivity index (χ0) is 14.2. The van der Waals surface area contributed by atoms with Gasteiger partial charge in [0.05, 0.1) is 22.7 Å². The lowest BCUT2D eigenvalue weighted by Gasteiger charge is -2.28. The number of H-pyrrole nitrogens is 1. The highest BCUT2D eigenvalue weighted by molar-refractivity contribution is 7.13. The smallest absolute Gasteiger partial charge is 0.272 e. The van der Waals surface area contributed by atoms with E-state index in [2.05, 4.69) is 15.5 Å². The number of aromatic nitrogens is 2. The number of carbonyl (C=O) groups excluding carboxylic acids is 1. The van der Waals surface area contributed by atoms with E-state index in [9.17, 15) is 9.90 Å². The van der Waals surface area contributed by atoms with Gasteiger partial charge in [0.2, 0.25) is 0 Å². The van der Waals surface area contributed by atoms with Crippen LogP contribution >= 0.6 is 11.3 Å². The maximum atomic E-state index is 12.2. The van der Waals surface area contributed by atoms with E-state index in [1.54, 1.807) is 17.4 Å². The molecule has 2 aromatic heterocycles. The third kappa shape index (κ3) is 2.48. The maximum Gasteiger partial charge on any atom is 0.272 e. The molecular weight excluding hydrogens is 274 g/mol. The number of aromatic amines is 1. The number of thiophene rings is 1. The molecule has 5 nitrogen and oxygen atoms in total. The van der Waals surface area contributed by atoms with Crippen LogP contribution in [0.1, 0.15) is 30.3 Å². The van der Waals surface area contributed by atoms with Crippen molar-refractivity contribution in [1.29, 1.82) is 0 Å². The molecule has 1 unspecified atom stereocenters. The summed E-state index contributed by atoms with van der Waals surface area (Å²) >= 11 is 1.59. The van der Waals surface area contributed by atoms with Crippen LogP contribution in [0, 0.1) is 5.92 Å². The number of rotatable bonds is 5. The van der Waals surface area contributed by atoms with E-state index in [0.717, 1.165) is 23.4 Å². The summed E-state index contributed by atoms with van der Waals surface area (Å²) in [5, 5.41) is 21.3. The van der Waals surface area contributed by atoms with Gasteiger partial charge in [-0.15, -0.1) is 11.3 Å². The minimum atomic E-state index is -0.543. The van der Waals surface area contributed by atoms with Crippen LogP contribution in [-0.4, -0.2) is 33.4 Å². The van der Waals surface area contributed by atoms with Crippen LogP contribution in [0.3, 0.4) is 0 Å². The van der Waals surface area contributed by atoms with Crippen molar-refractivity contribution >= 4 is 17.2 Å². The van der Waals surface area contributed by atoms with Crippen molar-refractivity contribution in [3.8, 4) is 10.6 Å². The number of hydrogen-bond donors (Lipinski definition) is 3. The predicted octanol–water partition coefficient (Wildman–Crippen LogP) is 2.03. The SMILES string of the molecule is CC(CO)(NC(=O)c1cc(-c2cccs2)[nH]n1)C1CC1. The molecule has 0 spiro atoms. The van der Waals surface area contributed by atoms with Gasteiger partial charge in [-0.1, -0.05) is 6.07 Å². The van der Waals surface area contributed by atoms with Gasteiger partial charge in [0.1, 0.15) is 0 Å². The Labute approximate surface area is 121 Å². The summed E-state index contributed by atoms with van der Waals surface area (Å²) in [5.74, 6) is 0.125. The van der Waals surface area contributed by atoms with Crippen LogP contribution in [-0.2, 0) is 0 Å². The molecule has 3 N–H and O–H groups in total. The minimum absolute atomic E-state index is 0.0500. The molecule has 1 saturated carbocycles. The van der Waals surface area contributed by atoms with Gasteiger partial charge < -0.3 is 10.4 Å². The van der Waals surface area contributed by atoms with Crippen molar-refractivity contribution < 1.29 is 9.90 Å². The second kappa shape index (κ2) is 5.03. The van der Waals surface area contributed by atoms with E-state index in [4.69, 9.17) is 0 Å². The molecule has 0 bridgehead atoms. The maximum absolute atomic E-state index is 12.2. The quantitative estimate of drug-likeness (QED) is 0.788. The fraction of sp³-hybridized carbons (Fsp3) is 0.429. The van der Waals surface area contributed by atoms with Crippen LogP contribution in [0.25, 0.3) is 10.6 Å². The summed E-state index contributed by atoms with van der Waals surface area (Å²) in [7, 11) is 0. The van der Waals surface area contributed by atoms with E-state index in [1.807, 2.05) is 24.4 Å². The normalized spacial score (nSPS) is 17.7. The fourth-order valence-electron chi connectivity index (χ4n) is 2.31. The van der Waals surface area contributed by atoms with Crippen LogP contribution in [0.5, 0.6) is 0 Å². The molecule has 1 atom stereocenters. The van der Waals surface area contributed by atoms with Crippen molar-refractivity contribution in [2.45, 2.75) is 25.3 Å². The molecule has 2 heterocycles. The van der Waals surface area contributed by atoms with E-state index < -0.39 is 5.54 Å². The molecule has 1 aliphatic rings.